The van der Waals surface area contributed by atoms with Gasteiger partial charge in [0, 0.05) is 16.9 Å². The highest BCUT2D eigenvalue weighted by Crippen LogP contribution is 2.38. The fourth-order valence-electron chi connectivity index (χ4n) is 2.81. The van der Waals surface area contributed by atoms with Gasteiger partial charge in [0.1, 0.15) is 5.75 Å². The van der Waals surface area contributed by atoms with Gasteiger partial charge in [-0.3, -0.25) is 15.8 Å². The second-order valence-corrected chi connectivity index (χ2v) is 5.26. The predicted octanol–water partition coefficient (Wildman–Crippen LogP) is 2.68. The number of hydrogen-bond donors (Lipinski definition) is 1. The Morgan fingerprint density at radius 2 is 1.81 bits per heavy atom. The summed E-state index contributed by atoms with van der Waals surface area (Å²) in [5, 5.41) is 11.6. The summed E-state index contributed by atoms with van der Waals surface area (Å²) in [5.74, 6) is 0.633. The standard InChI is InChI=1S/C16H16N2O3/c17-16(11-10-12-6-4-5-9-14(12)21-16)15(18(19)20)13-7-2-1-3-8-13/h1-9,15H,10-11,17H2. The van der Waals surface area contributed by atoms with Crippen molar-refractivity contribution in [1.29, 1.82) is 0 Å². The molecule has 0 aliphatic carbocycles. The van der Waals surface area contributed by atoms with Crippen LogP contribution in [0, 0.1) is 10.1 Å². The molecule has 1 aliphatic rings. The van der Waals surface area contributed by atoms with E-state index in [0.717, 1.165) is 5.56 Å². The quantitative estimate of drug-likeness (QED) is 0.694. The molecule has 5 nitrogen and oxygen atoms in total. The maximum Gasteiger partial charge on any atom is 0.290 e. The van der Waals surface area contributed by atoms with Crippen LogP contribution in [0.15, 0.2) is 54.6 Å². The van der Waals surface area contributed by atoms with Gasteiger partial charge in [0.2, 0.25) is 5.72 Å². The average molecular weight is 284 g/mol. The number of nitro groups is 1. The van der Waals surface area contributed by atoms with Crippen LogP contribution in [0.5, 0.6) is 5.75 Å². The number of nitrogens with zero attached hydrogens (tertiary/aromatic N) is 1. The van der Waals surface area contributed by atoms with Gasteiger partial charge in [-0.1, -0.05) is 48.5 Å². The van der Waals surface area contributed by atoms with Crippen molar-refractivity contribution >= 4 is 0 Å². The van der Waals surface area contributed by atoms with Gasteiger partial charge in [0.15, 0.2) is 0 Å². The fraction of sp³-hybridized carbons (Fsp3) is 0.250. The number of aryl methyl sites for hydroxylation is 1. The van der Waals surface area contributed by atoms with Crippen molar-refractivity contribution < 1.29 is 9.66 Å². The lowest BCUT2D eigenvalue weighted by Gasteiger charge is -2.36. The Bertz CT molecular complexity index is 660. The van der Waals surface area contributed by atoms with E-state index < -0.39 is 11.8 Å². The molecule has 0 bridgehead atoms. The molecular weight excluding hydrogens is 268 g/mol. The first kappa shape index (κ1) is 13.6. The number of para-hydroxylation sites is 1. The average Bonchev–Trinajstić information content (AvgIpc) is 2.47. The molecule has 0 fully saturated rings. The Hall–Kier alpha value is -2.40. The Morgan fingerprint density at radius 1 is 1.14 bits per heavy atom. The maximum absolute atomic E-state index is 11.6. The van der Waals surface area contributed by atoms with Crippen LogP contribution in [-0.2, 0) is 6.42 Å². The second kappa shape index (κ2) is 5.18. The molecule has 21 heavy (non-hydrogen) atoms. The summed E-state index contributed by atoms with van der Waals surface area (Å²) in [4.78, 5) is 11.2. The number of rotatable bonds is 3. The van der Waals surface area contributed by atoms with Crippen LogP contribution in [0.2, 0.25) is 0 Å². The molecule has 2 atom stereocenters. The minimum atomic E-state index is -1.33. The van der Waals surface area contributed by atoms with E-state index in [1.54, 1.807) is 30.3 Å². The fourth-order valence-corrected chi connectivity index (χ4v) is 2.81. The van der Waals surface area contributed by atoms with Gasteiger partial charge in [0.05, 0.1) is 0 Å². The largest absolute Gasteiger partial charge is 0.465 e. The summed E-state index contributed by atoms with van der Waals surface area (Å²) >= 11 is 0. The molecule has 0 saturated heterocycles. The molecular formula is C16H16N2O3. The minimum Gasteiger partial charge on any atom is -0.465 e. The highest BCUT2D eigenvalue weighted by atomic mass is 16.6. The van der Waals surface area contributed by atoms with Gasteiger partial charge < -0.3 is 4.74 Å². The lowest BCUT2D eigenvalue weighted by Crippen LogP contribution is -2.55. The lowest BCUT2D eigenvalue weighted by atomic mass is 9.89. The molecule has 0 radical (unpaired) electrons. The van der Waals surface area contributed by atoms with Crippen LogP contribution in [0.3, 0.4) is 0 Å². The SMILES string of the molecule is NC1(C(c2ccccc2)[N+](=O)[O-])CCc2ccccc2O1. The van der Waals surface area contributed by atoms with Gasteiger partial charge in [0.25, 0.3) is 6.04 Å². The Kier molecular flexibility index (Phi) is 3.35. The van der Waals surface area contributed by atoms with Gasteiger partial charge in [-0.15, -0.1) is 0 Å². The Labute approximate surface area is 122 Å². The summed E-state index contributed by atoms with van der Waals surface area (Å²) in [6.45, 7) is 0. The van der Waals surface area contributed by atoms with E-state index >= 15 is 0 Å². The zero-order chi connectivity index (χ0) is 14.9. The molecule has 1 heterocycles. The van der Waals surface area contributed by atoms with E-state index in [-0.39, 0.29) is 4.92 Å². The molecule has 0 saturated carbocycles. The van der Waals surface area contributed by atoms with Crippen LogP contribution in [0.4, 0.5) is 0 Å². The van der Waals surface area contributed by atoms with E-state index in [1.165, 1.54) is 0 Å². The van der Waals surface area contributed by atoms with E-state index in [0.29, 0.717) is 24.2 Å². The van der Waals surface area contributed by atoms with Crippen LogP contribution in [-0.4, -0.2) is 10.6 Å². The highest BCUT2D eigenvalue weighted by Gasteiger charge is 2.49. The molecule has 0 aromatic heterocycles. The van der Waals surface area contributed by atoms with Crippen molar-refractivity contribution in [2.45, 2.75) is 24.6 Å². The minimum absolute atomic E-state index is 0.358. The monoisotopic (exact) mass is 284 g/mol. The highest BCUT2D eigenvalue weighted by molar-refractivity contribution is 5.36. The third-order valence-corrected chi connectivity index (χ3v) is 3.85. The van der Waals surface area contributed by atoms with Crippen LogP contribution >= 0.6 is 0 Å². The molecule has 108 valence electrons. The molecule has 0 amide bonds. The normalized spacial score (nSPS) is 22.0. The van der Waals surface area contributed by atoms with E-state index in [2.05, 4.69) is 0 Å². The number of fused-ring (bicyclic) bond motifs is 1. The molecule has 3 rings (SSSR count). The van der Waals surface area contributed by atoms with Crippen molar-refractivity contribution in [2.24, 2.45) is 5.73 Å². The van der Waals surface area contributed by atoms with Crippen molar-refractivity contribution in [2.75, 3.05) is 0 Å². The molecule has 2 aromatic carbocycles. The summed E-state index contributed by atoms with van der Waals surface area (Å²) < 4.78 is 5.83. The molecule has 2 aromatic rings. The van der Waals surface area contributed by atoms with Gasteiger partial charge >= 0.3 is 0 Å². The summed E-state index contributed by atoms with van der Waals surface area (Å²) in [5.41, 5.74) is 6.55. The third-order valence-electron chi connectivity index (χ3n) is 3.85. The van der Waals surface area contributed by atoms with Gasteiger partial charge in [-0.05, 0) is 18.1 Å². The zero-order valence-corrected chi connectivity index (χ0v) is 11.4. The molecule has 2 N–H and O–H groups in total. The topological polar surface area (TPSA) is 78.4 Å². The first-order valence-electron chi connectivity index (χ1n) is 6.84. The third kappa shape index (κ3) is 2.48. The van der Waals surface area contributed by atoms with Gasteiger partial charge in [-0.2, -0.15) is 0 Å². The molecule has 2 unspecified atom stereocenters. The molecule has 5 heteroatoms. The van der Waals surface area contributed by atoms with Crippen LogP contribution in [0.1, 0.15) is 23.6 Å². The van der Waals surface area contributed by atoms with E-state index in [1.807, 2.05) is 24.3 Å². The lowest BCUT2D eigenvalue weighted by molar-refractivity contribution is -0.551. The second-order valence-electron chi connectivity index (χ2n) is 5.26. The smallest absolute Gasteiger partial charge is 0.290 e. The number of hydrogen-bond acceptors (Lipinski definition) is 4. The molecule has 0 spiro atoms. The Morgan fingerprint density at radius 3 is 2.52 bits per heavy atom. The Balaban J connectivity index is 1.99. The maximum atomic E-state index is 11.6. The van der Waals surface area contributed by atoms with Crippen molar-refractivity contribution in [3.63, 3.8) is 0 Å². The number of ether oxygens (including phenoxy) is 1. The van der Waals surface area contributed by atoms with Crippen molar-refractivity contribution in [3.05, 3.63) is 75.8 Å². The summed E-state index contributed by atoms with van der Waals surface area (Å²) in [6, 6.07) is 15.2. The van der Waals surface area contributed by atoms with E-state index in [9.17, 15) is 10.1 Å². The van der Waals surface area contributed by atoms with Crippen LogP contribution < -0.4 is 10.5 Å². The summed E-state index contributed by atoms with van der Waals surface area (Å²) in [7, 11) is 0. The molecule has 1 aliphatic heterocycles. The predicted molar refractivity (Wildman–Crippen MR) is 78.5 cm³/mol. The van der Waals surface area contributed by atoms with Crippen molar-refractivity contribution in [1.82, 2.24) is 0 Å². The van der Waals surface area contributed by atoms with Crippen molar-refractivity contribution in [3.8, 4) is 5.75 Å². The van der Waals surface area contributed by atoms with Crippen LogP contribution in [0.25, 0.3) is 0 Å². The summed E-state index contributed by atoms with van der Waals surface area (Å²) in [6.07, 6.45) is 1.08. The van der Waals surface area contributed by atoms with E-state index in [4.69, 9.17) is 10.5 Å². The first-order chi connectivity index (χ1) is 10.1. The number of nitrogens with two attached hydrogens (primary N) is 1. The number of benzene rings is 2. The zero-order valence-electron chi connectivity index (χ0n) is 11.4. The first-order valence-corrected chi connectivity index (χ1v) is 6.84. The van der Waals surface area contributed by atoms with Gasteiger partial charge in [-0.25, -0.2) is 0 Å².